The molecule has 0 atom stereocenters. The molecule has 3 heteroatoms. The van der Waals surface area contributed by atoms with E-state index in [1.54, 1.807) is 12.5 Å². The molecule has 13 heavy (non-hydrogen) atoms. The second kappa shape index (κ2) is 11.2. The average molecular weight is 184 g/mol. The Morgan fingerprint density at radius 2 is 1.31 bits per heavy atom. The molecular formula is C10H20N2O. The minimum atomic E-state index is 0.733. The molecule has 0 aromatic heterocycles. The molecule has 0 rings (SSSR count). The number of allylic oxidation sites excluding steroid dienone is 2. The van der Waals surface area contributed by atoms with Gasteiger partial charge in [-0.2, -0.15) is 0 Å². The van der Waals surface area contributed by atoms with Gasteiger partial charge in [0.2, 0.25) is 0 Å². The first-order valence-corrected chi connectivity index (χ1v) is 4.77. The molecule has 0 bridgehead atoms. The van der Waals surface area contributed by atoms with Crippen LogP contribution in [0.3, 0.4) is 0 Å². The zero-order valence-electron chi connectivity index (χ0n) is 8.11. The number of nitrogens with two attached hydrogens (primary N) is 2. The molecule has 0 aromatic rings. The molecule has 0 saturated heterocycles. The molecule has 0 fully saturated rings. The van der Waals surface area contributed by atoms with Crippen molar-refractivity contribution in [3.05, 3.63) is 24.7 Å². The molecule has 0 aromatic carbocycles. The summed E-state index contributed by atoms with van der Waals surface area (Å²) in [6.45, 7) is 1.47. The SMILES string of the molecule is NCCCC=COC=CCCCN. The molecular weight excluding hydrogens is 164 g/mol. The first kappa shape index (κ1) is 12.2. The van der Waals surface area contributed by atoms with E-state index < -0.39 is 0 Å². The molecule has 0 radical (unpaired) electrons. The Hall–Kier alpha value is -0.800. The van der Waals surface area contributed by atoms with Crippen molar-refractivity contribution >= 4 is 0 Å². The topological polar surface area (TPSA) is 61.3 Å². The molecule has 76 valence electrons. The number of hydrogen-bond donors (Lipinski definition) is 2. The lowest BCUT2D eigenvalue weighted by atomic mass is 10.3. The highest BCUT2D eigenvalue weighted by Crippen LogP contribution is 1.92. The summed E-state index contributed by atoms with van der Waals surface area (Å²) in [6, 6.07) is 0. The third kappa shape index (κ3) is 11.2. The van der Waals surface area contributed by atoms with Crippen molar-refractivity contribution in [1.82, 2.24) is 0 Å². The minimum absolute atomic E-state index is 0.733. The second-order valence-corrected chi connectivity index (χ2v) is 2.74. The summed E-state index contributed by atoms with van der Waals surface area (Å²) in [4.78, 5) is 0. The summed E-state index contributed by atoms with van der Waals surface area (Å²) in [6.07, 6.45) is 11.3. The zero-order valence-corrected chi connectivity index (χ0v) is 8.11. The number of ether oxygens (including phenoxy) is 1. The van der Waals surface area contributed by atoms with Crippen LogP contribution in [0.4, 0.5) is 0 Å². The van der Waals surface area contributed by atoms with Gasteiger partial charge in [-0.05, 0) is 50.9 Å². The standard InChI is InChI=1S/C10H20N2O/c11-7-3-1-5-9-13-10-6-2-4-8-12/h5-6,9-10H,1-4,7-8,11-12H2. The molecule has 0 heterocycles. The van der Waals surface area contributed by atoms with Gasteiger partial charge < -0.3 is 16.2 Å². The monoisotopic (exact) mass is 184 g/mol. The fourth-order valence-electron chi connectivity index (χ4n) is 0.764. The lowest BCUT2D eigenvalue weighted by molar-refractivity contribution is 0.398. The van der Waals surface area contributed by atoms with Crippen molar-refractivity contribution < 1.29 is 4.74 Å². The van der Waals surface area contributed by atoms with Gasteiger partial charge in [-0.3, -0.25) is 0 Å². The van der Waals surface area contributed by atoms with Crippen molar-refractivity contribution in [2.45, 2.75) is 25.7 Å². The first-order valence-electron chi connectivity index (χ1n) is 4.77. The maximum atomic E-state index is 5.32. The largest absolute Gasteiger partial charge is 0.473 e. The quantitative estimate of drug-likeness (QED) is 0.444. The fourth-order valence-corrected chi connectivity index (χ4v) is 0.764. The van der Waals surface area contributed by atoms with E-state index in [2.05, 4.69) is 0 Å². The van der Waals surface area contributed by atoms with Gasteiger partial charge in [-0.1, -0.05) is 0 Å². The van der Waals surface area contributed by atoms with Crippen LogP contribution in [0, 0.1) is 0 Å². The normalized spacial score (nSPS) is 11.5. The molecule has 0 unspecified atom stereocenters. The summed E-state index contributed by atoms with van der Waals surface area (Å²) in [7, 11) is 0. The molecule has 0 aliphatic carbocycles. The summed E-state index contributed by atoms with van der Waals surface area (Å²) in [5.74, 6) is 0. The van der Waals surface area contributed by atoms with E-state index in [0.717, 1.165) is 38.8 Å². The Morgan fingerprint density at radius 1 is 0.846 bits per heavy atom. The zero-order chi connectivity index (χ0) is 9.78. The van der Waals surface area contributed by atoms with E-state index in [-0.39, 0.29) is 0 Å². The molecule has 3 nitrogen and oxygen atoms in total. The summed E-state index contributed by atoms with van der Waals surface area (Å²) in [5, 5.41) is 0. The second-order valence-electron chi connectivity index (χ2n) is 2.74. The van der Waals surface area contributed by atoms with Crippen LogP contribution in [0.1, 0.15) is 25.7 Å². The Kier molecular flexibility index (Phi) is 10.5. The smallest absolute Gasteiger partial charge is 0.0861 e. The van der Waals surface area contributed by atoms with Crippen LogP contribution >= 0.6 is 0 Å². The van der Waals surface area contributed by atoms with Crippen LogP contribution in [0.25, 0.3) is 0 Å². The predicted octanol–water partition coefficient (Wildman–Crippen LogP) is 1.51. The molecule has 0 aliphatic rings. The summed E-state index contributed by atoms with van der Waals surface area (Å²) < 4.78 is 5.08. The van der Waals surface area contributed by atoms with E-state index in [1.165, 1.54) is 0 Å². The predicted molar refractivity (Wildman–Crippen MR) is 55.9 cm³/mol. The molecule has 0 amide bonds. The first-order chi connectivity index (χ1) is 6.41. The van der Waals surface area contributed by atoms with Gasteiger partial charge in [0, 0.05) is 0 Å². The van der Waals surface area contributed by atoms with Crippen molar-refractivity contribution in [3.8, 4) is 0 Å². The molecule has 0 saturated carbocycles. The van der Waals surface area contributed by atoms with Crippen molar-refractivity contribution in [3.63, 3.8) is 0 Å². The summed E-state index contributed by atoms with van der Waals surface area (Å²) in [5.41, 5.74) is 10.6. The van der Waals surface area contributed by atoms with E-state index in [0.29, 0.717) is 0 Å². The lowest BCUT2D eigenvalue weighted by Crippen LogP contribution is -1.96. The highest BCUT2D eigenvalue weighted by atomic mass is 16.5. The van der Waals surface area contributed by atoms with Crippen LogP contribution in [0.5, 0.6) is 0 Å². The van der Waals surface area contributed by atoms with Gasteiger partial charge in [-0.25, -0.2) is 0 Å². The highest BCUT2D eigenvalue weighted by molar-refractivity contribution is 4.79. The Morgan fingerprint density at radius 3 is 1.69 bits per heavy atom. The number of hydrogen-bond acceptors (Lipinski definition) is 3. The molecule has 0 spiro atoms. The van der Waals surface area contributed by atoms with Gasteiger partial charge in [-0.15, -0.1) is 0 Å². The van der Waals surface area contributed by atoms with Gasteiger partial charge in [0.1, 0.15) is 0 Å². The van der Waals surface area contributed by atoms with E-state index in [1.807, 2.05) is 12.2 Å². The van der Waals surface area contributed by atoms with E-state index in [4.69, 9.17) is 16.2 Å². The van der Waals surface area contributed by atoms with E-state index >= 15 is 0 Å². The Labute approximate surface area is 80.4 Å². The highest BCUT2D eigenvalue weighted by Gasteiger charge is 1.78. The van der Waals surface area contributed by atoms with Gasteiger partial charge in [0.05, 0.1) is 12.5 Å². The van der Waals surface area contributed by atoms with Gasteiger partial charge in [0.15, 0.2) is 0 Å². The van der Waals surface area contributed by atoms with Crippen LogP contribution in [-0.2, 0) is 4.74 Å². The molecule has 4 N–H and O–H groups in total. The van der Waals surface area contributed by atoms with E-state index in [9.17, 15) is 0 Å². The Bertz CT molecular complexity index is 128. The van der Waals surface area contributed by atoms with Crippen molar-refractivity contribution in [2.24, 2.45) is 11.5 Å². The Balaban J connectivity index is 3.13. The maximum absolute atomic E-state index is 5.32. The van der Waals surface area contributed by atoms with Crippen molar-refractivity contribution in [2.75, 3.05) is 13.1 Å². The van der Waals surface area contributed by atoms with Crippen LogP contribution in [0.2, 0.25) is 0 Å². The molecule has 0 aliphatic heterocycles. The van der Waals surface area contributed by atoms with Crippen molar-refractivity contribution in [1.29, 1.82) is 0 Å². The van der Waals surface area contributed by atoms with Gasteiger partial charge in [0.25, 0.3) is 0 Å². The average Bonchev–Trinajstić information content (AvgIpc) is 2.16. The number of unbranched alkanes of at least 4 members (excludes halogenated alkanes) is 2. The third-order valence-corrected chi connectivity index (χ3v) is 1.50. The van der Waals surface area contributed by atoms with Crippen LogP contribution < -0.4 is 11.5 Å². The maximum Gasteiger partial charge on any atom is 0.0861 e. The number of rotatable bonds is 8. The summed E-state index contributed by atoms with van der Waals surface area (Å²) >= 11 is 0. The third-order valence-electron chi connectivity index (χ3n) is 1.50. The fraction of sp³-hybridized carbons (Fsp3) is 0.600. The van der Waals surface area contributed by atoms with Gasteiger partial charge >= 0.3 is 0 Å². The van der Waals surface area contributed by atoms with Crippen LogP contribution in [-0.4, -0.2) is 13.1 Å². The minimum Gasteiger partial charge on any atom is -0.473 e. The van der Waals surface area contributed by atoms with Crippen LogP contribution in [0.15, 0.2) is 24.7 Å². The lowest BCUT2D eigenvalue weighted by Gasteiger charge is -1.91.